The fourth-order valence-corrected chi connectivity index (χ4v) is 3.73. The third kappa shape index (κ3) is 3.61. The van der Waals surface area contributed by atoms with Crippen molar-refractivity contribution >= 4 is 11.7 Å². The van der Waals surface area contributed by atoms with Crippen LogP contribution in [0.15, 0.2) is 18.2 Å². The topological polar surface area (TPSA) is 61.4 Å². The summed E-state index contributed by atoms with van der Waals surface area (Å²) in [6, 6.07) is 6.36. The summed E-state index contributed by atoms with van der Waals surface area (Å²) in [6.07, 6.45) is 8.57. The van der Waals surface area contributed by atoms with Crippen molar-refractivity contribution in [3.05, 3.63) is 29.3 Å². The number of rotatable bonds is 3. The highest BCUT2D eigenvalue weighted by atomic mass is 16.3. The van der Waals surface area contributed by atoms with Crippen LogP contribution in [-0.4, -0.2) is 23.8 Å². The van der Waals surface area contributed by atoms with Crippen molar-refractivity contribution in [2.75, 3.05) is 11.9 Å². The summed E-state index contributed by atoms with van der Waals surface area (Å²) in [5.41, 5.74) is 3.67. The molecule has 0 aliphatic heterocycles. The van der Waals surface area contributed by atoms with E-state index in [2.05, 4.69) is 16.7 Å². The second-order valence-corrected chi connectivity index (χ2v) is 6.65. The maximum Gasteiger partial charge on any atom is 0.319 e. The lowest BCUT2D eigenvalue weighted by Crippen LogP contribution is -2.40. The normalized spacial score (nSPS) is 24.4. The first-order chi connectivity index (χ1) is 10.8. The summed E-state index contributed by atoms with van der Waals surface area (Å²) in [7, 11) is 0. The van der Waals surface area contributed by atoms with Crippen LogP contribution in [0.2, 0.25) is 0 Å². The minimum atomic E-state index is -0.0913. The van der Waals surface area contributed by atoms with Gasteiger partial charge >= 0.3 is 6.03 Å². The number of amides is 2. The molecule has 0 atom stereocenters. The number of hydrogen-bond donors (Lipinski definition) is 3. The average molecular weight is 302 g/mol. The zero-order valence-corrected chi connectivity index (χ0v) is 13.1. The van der Waals surface area contributed by atoms with E-state index in [1.54, 1.807) is 0 Å². The number of urea groups is 1. The predicted octanol–water partition coefficient (Wildman–Crippen LogP) is 3.24. The first kappa shape index (κ1) is 15.3. The van der Waals surface area contributed by atoms with Crippen molar-refractivity contribution in [3.8, 4) is 0 Å². The van der Waals surface area contributed by atoms with Crippen molar-refractivity contribution in [2.45, 2.75) is 57.4 Å². The maximum atomic E-state index is 12.2. The summed E-state index contributed by atoms with van der Waals surface area (Å²) in [5.74, 6) is 0.419. The number of hydrogen-bond acceptors (Lipinski definition) is 2. The van der Waals surface area contributed by atoms with E-state index in [9.17, 15) is 4.79 Å². The Morgan fingerprint density at radius 1 is 1.14 bits per heavy atom. The van der Waals surface area contributed by atoms with Gasteiger partial charge in [0.2, 0.25) is 0 Å². The molecule has 4 heteroatoms. The Morgan fingerprint density at radius 2 is 1.91 bits per heavy atom. The van der Waals surface area contributed by atoms with Gasteiger partial charge < -0.3 is 15.7 Å². The zero-order chi connectivity index (χ0) is 15.4. The molecule has 1 aromatic carbocycles. The zero-order valence-electron chi connectivity index (χ0n) is 13.1. The molecule has 1 aromatic rings. The van der Waals surface area contributed by atoms with Crippen LogP contribution in [-0.2, 0) is 12.8 Å². The Hall–Kier alpha value is -1.55. The average Bonchev–Trinajstić information content (AvgIpc) is 2.56. The van der Waals surface area contributed by atoms with Crippen LogP contribution in [0.5, 0.6) is 0 Å². The van der Waals surface area contributed by atoms with Crippen molar-refractivity contribution in [2.24, 2.45) is 5.92 Å². The summed E-state index contributed by atoms with van der Waals surface area (Å²) in [6.45, 7) is 0.273. The number of carbonyl (C=O) groups excluding carboxylic acids is 1. The van der Waals surface area contributed by atoms with Gasteiger partial charge in [-0.05, 0) is 74.5 Å². The molecule has 3 N–H and O–H groups in total. The van der Waals surface area contributed by atoms with E-state index in [1.165, 1.54) is 24.0 Å². The van der Waals surface area contributed by atoms with Gasteiger partial charge in [0, 0.05) is 18.3 Å². The number of fused-ring (bicyclic) bond motifs is 1. The van der Waals surface area contributed by atoms with Gasteiger partial charge in [-0.25, -0.2) is 4.79 Å². The second-order valence-electron chi connectivity index (χ2n) is 6.65. The van der Waals surface area contributed by atoms with Crippen LogP contribution in [0.3, 0.4) is 0 Å². The number of carbonyl (C=O) groups is 1. The molecule has 1 fully saturated rings. The molecule has 0 unspecified atom stereocenters. The molecule has 0 aromatic heterocycles. The molecule has 0 heterocycles. The molecule has 3 rings (SSSR count). The molecular formula is C18H26N2O2. The third-order valence-electron chi connectivity index (χ3n) is 5.08. The smallest absolute Gasteiger partial charge is 0.319 e. The molecule has 0 saturated heterocycles. The van der Waals surface area contributed by atoms with Gasteiger partial charge in [-0.1, -0.05) is 12.1 Å². The van der Waals surface area contributed by atoms with Crippen LogP contribution in [0.4, 0.5) is 10.5 Å². The van der Waals surface area contributed by atoms with Crippen molar-refractivity contribution in [1.29, 1.82) is 0 Å². The third-order valence-corrected chi connectivity index (χ3v) is 5.08. The lowest BCUT2D eigenvalue weighted by molar-refractivity contribution is 0.176. The molecule has 120 valence electrons. The van der Waals surface area contributed by atoms with E-state index >= 15 is 0 Å². The Kier molecular flexibility index (Phi) is 4.98. The molecule has 2 amide bonds. The summed E-state index contributed by atoms with van der Waals surface area (Å²) >= 11 is 0. The minimum absolute atomic E-state index is 0.0913. The summed E-state index contributed by atoms with van der Waals surface area (Å²) in [5, 5.41) is 15.3. The number of anilines is 1. The van der Waals surface area contributed by atoms with Crippen LogP contribution < -0.4 is 10.6 Å². The Bertz CT molecular complexity index is 522. The molecule has 4 nitrogen and oxygen atoms in total. The van der Waals surface area contributed by atoms with Crippen molar-refractivity contribution in [1.82, 2.24) is 5.32 Å². The number of aliphatic hydroxyl groups is 1. The Balaban J connectivity index is 1.56. The Labute approximate surface area is 132 Å². The number of aliphatic hydroxyl groups excluding tert-OH is 1. The van der Waals surface area contributed by atoms with Crippen LogP contribution in [0, 0.1) is 5.92 Å². The fraction of sp³-hybridized carbons (Fsp3) is 0.611. The molecule has 0 spiro atoms. The number of benzene rings is 1. The van der Waals surface area contributed by atoms with E-state index in [0.717, 1.165) is 44.2 Å². The van der Waals surface area contributed by atoms with E-state index in [4.69, 9.17) is 5.11 Å². The van der Waals surface area contributed by atoms with Crippen LogP contribution >= 0.6 is 0 Å². The van der Waals surface area contributed by atoms with Gasteiger partial charge in [-0.3, -0.25) is 0 Å². The lowest BCUT2D eigenvalue weighted by Gasteiger charge is -2.28. The van der Waals surface area contributed by atoms with Gasteiger partial charge in [0.15, 0.2) is 0 Å². The van der Waals surface area contributed by atoms with Crippen LogP contribution in [0.25, 0.3) is 0 Å². The quantitative estimate of drug-likeness (QED) is 0.802. The van der Waals surface area contributed by atoms with Gasteiger partial charge in [0.05, 0.1) is 0 Å². The van der Waals surface area contributed by atoms with Crippen molar-refractivity contribution in [3.63, 3.8) is 0 Å². The first-order valence-corrected chi connectivity index (χ1v) is 8.55. The van der Waals surface area contributed by atoms with Gasteiger partial charge in [-0.15, -0.1) is 0 Å². The molecule has 0 radical (unpaired) electrons. The number of nitrogens with one attached hydrogen (secondary N) is 2. The van der Waals surface area contributed by atoms with E-state index in [0.29, 0.717) is 5.92 Å². The monoisotopic (exact) mass is 302 g/mol. The maximum absolute atomic E-state index is 12.2. The van der Waals surface area contributed by atoms with Gasteiger partial charge in [0.1, 0.15) is 0 Å². The highest BCUT2D eigenvalue weighted by molar-refractivity contribution is 5.90. The second kappa shape index (κ2) is 7.14. The standard InChI is InChI=1S/C18H26N2O2/c21-12-13-8-10-15(11-9-13)19-18(22)20-17-7-3-5-14-4-1-2-6-16(14)17/h3,5,7,13,15,21H,1-2,4,6,8-12H2,(H2,19,20,22). The summed E-state index contributed by atoms with van der Waals surface area (Å²) in [4.78, 5) is 12.2. The SMILES string of the molecule is O=C(Nc1cccc2c1CCCC2)NC1CCC(CO)CC1. The van der Waals surface area contributed by atoms with E-state index < -0.39 is 0 Å². The Morgan fingerprint density at radius 3 is 2.68 bits per heavy atom. The van der Waals surface area contributed by atoms with Gasteiger partial charge in [-0.2, -0.15) is 0 Å². The fourth-order valence-electron chi connectivity index (χ4n) is 3.73. The van der Waals surface area contributed by atoms with Crippen molar-refractivity contribution < 1.29 is 9.90 Å². The van der Waals surface area contributed by atoms with Gasteiger partial charge in [0.25, 0.3) is 0 Å². The van der Waals surface area contributed by atoms with E-state index in [-0.39, 0.29) is 18.7 Å². The lowest BCUT2D eigenvalue weighted by atomic mass is 9.86. The highest BCUT2D eigenvalue weighted by Gasteiger charge is 2.22. The molecule has 0 bridgehead atoms. The molecular weight excluding hydrogens is 276 g/mol. The molecule has 1 saturated carbocycles. The van der Waals surface area contributed by atoms with E-state index in [1.807, 2.05) is 12.1 Å². The summed E-state index contributed by atoms with van der Waals surface area (Å²) < 4.78 is 0. The predicted molar refractivity (Wildman–Crippen MR) is 88.1 cm³/mol. The molecule has 22 heavy (non-hydrogen) atoms. The first-order valence-electron chi connectivity index (χ1n) is 8.55. The molecule has 2 aliphatic rings. The number of aryl methyl sites for hydroxylation is 1. The minimum Gasteiger partial charge on any atom is -0.396 e. The molecule has 2 aliphatic carbocycles. The van der Waals surface area contributed by atoms with Crippen LogP contribution in [0.1, 0.15) is 49.7 Å². The largest absolute Gasteiger partial charge is 0.396 e. The highest BCUT2D eigenvalue weighted by Crippen LogP contribution is 2.28.